The molecule has 0 amide bonds. The molecule has 0 aromatic heterocycles. The molecular weight excluding hydrogens is 460 g/mol. The smallest absolute Gasteiger partial charge is 0.334 e. The highest BCUT2D eigenvalue weighted by Gasteiger charge is 2.72. The first-order chi connectivity index (χ1) is 16.9. The summed E-state index contributed by atoms with van der Waals surface area (Å²) in [6.45, 7) is 8.19. The lowest BCUT2D eigenvalue weighted by atomic mass is 9.36. The molecule has 4 N–H and O–H groups in total. The van der Waals surface area contributed by atoms with Crippen LogP contribution in [0.2, 0.25) is 0 Å². The number of allylic oxidation sites excluding steroid dienone is 1. The van der Waals surface area contributed by atoms with Crippen LogP contribution < -0.4 is 0 Å². The molecule has 5 aliphatic rings. The van der Waals surface area contributed by atoms with Crippen LogP contribution in [0.3, 0.4) is 0 Å². The van der Waals surface area contributed by atoms with Crippen molar-refractivity contribution in [3.8, 4) is 0 Å². The first kappa shape index (κ1) is 25.9. The van der Waals surface area contributed by atoms with Crippen molar-refractivity contribution in [1.29, 1.82) is 0 Å². The quantitative estimate of drug-likeness (QED) is 0.334. The molecule has 36 heavy (non-hydrogen) atoms. The van der Waals surface area contributed by atoms with Crippen molar-refractivity contribution in [3.63, 3.8) is 0 Å². The second kappa shape index (κ2) is 8.67. The molecule has 200 valence electrons. The monoisotopic (exact) mass is 502 g/mol. The minimum Gasteiger partial charge on any atom is -0.478 e. The topological polar surface area (TPSA) is 124 Å². The lowest BCUT2D eigenvalue weighted by Gasteiger charge is -2.69. The zero-order valence-corrected chi connectivity index (χ0v) is 22.0. The van der Waals surface area contributed by atoms with Crippen LogP contribution in [0, 0.1) is 39.9 Å². The number of ether oxygens (including phenoxy) is 1. The highest BCUT2D eigenvalue weighted by molar-refractivity contribution is 5.93. The summed E-state index contributed by atoms with van der Waals surface area (Å²) < 4.78 is 5.88. The molecule has 0 radical (unpaired) electrons. The van der Waals surface area contributed by atoms with Crippen LogP contribution in [0.4, 0.5) is 0 Å². The number of carboxylic acids is 1. The van der Waals surface area contributed by atoms with E-state index in [1.54, 1.807) is 13.0 Å². The van der Waals surface area contributed by atoms with Crippen molar-refractivity contribution in [2.75, 3.05) is 6.61 Å². The summed E-state index contributed by atoms with van der Waals surface area (Å²) in [6.07, 6.45) is 5.70. The Labute approximate surface area is 213 Å². The first-order valence-electron chi connectivity index (χ1n) is 13.7. The summed E-state index contributed by atoms with van der Waals surface area (Å²) >= 11 is 0. The standard InChI is InChI=1S/C29H42O7/c1-15(25(33)34)6-5-7-17-23-19-12-21(32)24-27(3)10-9-20(31)16(2)18(27)8-11-29(24,14-30)28(19,4)13-22(23)36-26(17)35/h6,16,18-22,24,30-32H,5,7-14H2,1-4H3,(H,33,34)/t16-,18-,19-,20+,21+,22-,24-,27-,28-,29+/m0/s1. The fraction of sp³-hybridized carbons (Fsp3) is 0.793. The summed E-state index contributed by atoms with van der Waals surface area (Å²) in [5, 5.41) is 42.7. The molecule has 0 unspecified atom stereocenters. The van der Waals surface area contributed by atoms with Gasteiger partial charge in [0.05, 0.1) is 12.2 Å². The van der Waals surface area contributed by atoms with E-state index in [2.05, 4.69) is 20.8 Å². The van der Waals surface area contributed by atoms with E-state index in [4.69, 9.17) is 9.84 Å². The van der Waals surface area contributed by atoms with E-state index in [9.17, 15) is 24.9 Å². The number of aliphatic carboxylic acids is 1. The van der Waals surface area contributed by atoms with Crippen molar-refractivity contribution in [2.24, 2.45) is 39.9 Å². The van der Waals surface area contributed by atoms with Crippen LogP contribution in [0.25, 0.3) is 0 Å². The summed E-state index contributed by atoms with van der Waals surface area (Å²) in [5.74, 6) is -0.952. The summed E-state index contributed by atoms with van der Waals surface area (Å²) in [7, 11) is 0. The number of hydrogen-bond donors (Lipinski definition) is 4. The van der Waals surface area contributed by atoms with Crippen LogP contribution in [0.15, 0.2) is 22.8 Å². The van der Waals surface area contributed by atoms with E-state index in [0.29, 0.717) is 37.2 Å². The molecule has 10 atom stereocenters. The summed E-state index contributed by atoms with van der Waals surface area (Å²) in [6, 6.07) is 0. The molecular formula is C29H42O7. The predicted octanol–water partition coefficient (Wildman–Crippen LogP) is 3.61. The fourth-order valence-corrected chi connectivity index (χ4v) is 9.88. The molecule has 0 aromatic carbocycles. The molecule has 5 rings (SSSR count). The van der Waals surface area contributed by atoms with Gasteiger partial charge >= 0.3 is 11.9 Å². The number of esters is 1. The lowest BCUT2D eigenvalue weighted by molar-refractivity contribution is -0.252. The predicted molar refractivity (Wildman–Crippen MR) is 133 cm³/mol. The van der Waals surface area contributed by atoms with Crippen molar-refractivity contribution in [1.82, 2.24) is 0 Å². The molecule has 4 fully saturated rings. The van der Waals surface area contributed by atoms with Gasteiger partial charge in [0.15, 0.2) is 0 Å². The van der Waals surface area contributed by atoms with Crippen LogP contribution in [0.1, 0.15) is 79.1 Å². The highest BCUT2D eigenvalue weighted by Crippen LogP contribution is 2.74. The number of carboxylic acid groups (broad SMARTS) is 1. The second-order valence-electron chi connectivity index (χ2n) is 12.9. The number of aliphatic hydroxyl groups is 3. The van der Waals surface area contributed by atoms with Gasteiger partial charge in [0.1, 0.15) is 6.10 Å². The van der Waals surface area contributed by atoms with Gasteiger partial charge in [-0.1, -0.05) is 26.8 Å². The van der Waals surface area contributed by atoms with Gasteiger partial charge in [-0.15, -0.1) is 0 Å². The number of fused-ring (bicyclic) bond motifs is 7. The van der Waals surface area contributed by atoms with Crippen molar-refractivity contribution >= 4 is 11.9 Å². The molecule has 1 heterocycles. The SMILES string of the molecule is CC(=CCCC1=C2[C@H](C[C@@]3(C)[C@H]2C[C@@H](O)[C@H]2[C@@]4(C)CC[C@@H](O)[C@@H](C)[C@@H]4CC[C@@]23CO)OC1=O)C(=O)O. The third-order valence-corrected chi connectivity index (χ3v) is 11.7. The van der Waals surface area contributed by atoms with Gasteiger partial charge < -0.3 is 25.2 Å². The maximum Gasteiger partial charge on any atom is 0.334 e. The van der Waals surface area contributed by atoms with Gasteiger partial charge in [-0.25, -0.2) is 9.59 Å². The van der Waals surface area contributed by atoms with Crippen molar-refractivity contribution in [2.45, 2.75) is 97.4 Å². The molecule has 4 aliphatic carbocycles. The van der Waals surface area contributed by atoms with Gasteiger partial charge in [-0.2, -0.15) is 0 Å². The Morgan fingerprint density at radius 3 is 2.56 bits per heavy atom. The largest absolute Gasteiger partial charge is 0.478 e. The minimum absolute atomic E-state index is 0.00913. The first-order valence-corrected chi connectivity index (χ1v) is 13.7. The van der Waals surface area contributed by atoms with Crippen LogP contribution in [-0.2, 0) is 14.3 Å². The average molecular weight is 503 g/mol. The van der Waals surface area contributed by atoms with Gasteiger partial charge in [0.25, 0.3) is 0 Å². The summed E-state index contributed by atoms with van der Waals surface area (Å²) in [5.41, 5.74) is 0.893. The van der Waals surface area contributed by atoms with Crippen LogP contribution in [0.5, 0.6) is 0 Å². The van der Waals surface area contributed by atoms with E-state index in [0.717, 1.165) is 31.3 Å². The number of aliphatic hydroxyl groups excluding tert-OH is 3. The zero-order valence-electron chi connectivity index (χ0n) is 22.0. The van der Waals surface area contributed by atoms with Crippen LogP contribution in [-0.4, -0.2) is 57.3 Å². The molecule has 1 aliphatic heterocycles. The molecule has 7 nitrogen and oxygen atoms in total. The number of hydrogen-bond acceptors (Lipinski definition) is 6. The van der Waals surface area contributed by atoms with Gasteiger partial charge in [0, 0.05) is 23.2 Å². The van der Waals surface area contributed by atoms with E-state index in [-0.39, 0.29) is 58.9 Å². The Kier molecular flexibility index (Phi) is 6.24. The average Bonchev–Trinajstić information content (AvgIpc) is 3.27. The molecule has 0 bridgehead atoms. The lowest BCUT2D eigenvalue weighted by Crippen LogP contribution is -2.67. The van der Waals surface area contributed by atoms with Crippen LogP contribution >= 0.6 is 0 Å². The van der Waals surface area contributed by atoms with Gasteiger partial charge in [-0.05, 0) is 98.4 Å². The van der Waals surface area contributed by atoms with E-state index in [1.807, 2.05) is 0 Å². The minimum atomic E-state index is -0.965. The molecule has 0 aromatic rings. The highest BCUT2D eigenvalue weighted by atomic mass is 16.5. The Hall–Kier alpha value is -1.70. The number of rotatable bonds is 5. The third-order valence-electron chi connectivity index (χ3n) is 11.7. The Bertz CT molecular complexity index is 1020. The summed E-state index contributed by atoms with van der Waals surface area (Å²) in [4.78, 5) is 24.0. The fourth-order valence-electron chi connectivity index (χ4n) is 9.88. The van der Waals surface area contributed by atoms with E-state index >= 15 is 0 Å². The third kappa shape index (κ3) is 3.34. The van der Waals surface area contributed by atoms with Gasteiger partial charge in [-0.3, -0.25) is 0 Å². The number of carbonyl (C=O) groups is 2. The van der Waals surface area contributed by atoms with Gasteiger partial charge in [0.2, 0.25) is 0 Å². The Morgan fingerprint density at radius 1 is 1.17 bits per heavy atom. The molecule has 4 saturated carbocycles. The molecule has 0 spiro atoms. The molecule has 0 saturated heterocycles. The van der Waals surface area contributed by atoms with E-state index in [1.165, 1.54) is 0 Å². The Morgan fingerprint density at radius 2 is 1.89 bits per heavy atom. The second-order valence-corrected chi connectivity index (χ2v) is 12.9. The Balaban J connectivity index is 1.53. The van der Waals surface area contributed by atoms with E-state index < -0.39 is 17.5 Å². The van der Waals surface area contributed by atoms with Crippen molar-refractivity contribution < 1.29 is 34.8 Å². The van der Waals surface area contributed by atoms with Crippen molar-refractivity contribution in [3.05, 3.63) is 22.8 Å². The number of carbonyl (C=O) groups excluding carboxylic acids is 1. The normalized spacial score (nSPS) is 48.1. The maximum absolute atomic E-state index is 12.8. The molecule has 7 heteroatoms. The zero-order chi connectivity index (χ0) is 26.2. The maximum atomic E-state index is 12.8.